The van der Waals surface area contributed by atoms with Crippen LogP contribution in [-0.2, 0) is 29.1 Å². The van der Waals surface area contributed by atoms with Gasteiger partial charge >= 0.3 is 21.8 Å². The predicted molar refractivity (Wildman–Crippen MR) is 164 cm³/mol. The van der Waals surface area contributed by atoms with Crippen molar-refractivity contribution in [2.24, 2.45) is 0 Å². The molecule has 15 nitrogen and oxygen atoms in total. The van der Waals surface area contributed by atoms with Crippen molar-refractivity contribution in [2.45, 2.75) is 55.6 Å². The second kappa shape index (κ2) is 17.6. The lowest BCUT2D eigenvalue weighted by Gasteiger charge is -2.17. The Hall–Kier alpha value is -1.80. The van der Waals surface area contributed by atoms with Crippen LogP contribution in [0, 0.1) is 0 Å². The van der Waals surface area contributed by atoms with Crippen LogP contribution in [0.25, 0.3) is 11.2 Å². The van der Waals surface area contributed by atoms with Gasteiger partial charge in [0.15, 0.2) is 28.4 Å². The molecule has 0 radical (unpaired) electrons. The molecule has 1 aliphatic heterocycles. The molecular formula is C24H34F3N5O10P2S2. The number of nitrogens with one attached hydrogen (secondary N) is 1. The molecule has 46 heavy (non-hydrogen) atoms. The number of alkyl halides is 3. The monoisotopic (exact) mass is 735 g/mol. The molecule has 3 aromatic rings. The number of nitrogens with zero attached hydrogens (tertiary/aromatic N) is 4. The molecule has 6 N–H and O–H groups in total. The molecule has 0 spiro atoms. The molecule has 1 aromatic carbocycles. The van der Waals surface area contributed by atoms with E-state index in [9.17, 15) is 27.2 Å². The number of thioether (sulfide) groups is 2. The lowest BCUT2D eigenvalue weighted by molar-refractivity contribution is -0.129. The number of phosphoric acid groups is 2. The first-order valence-electron chi connectivity index (χ1n) is 13.5. The number of benzene rings is 1. The van der Waals surface area contributed by atoms with E-state index in [-0.39, 0.29) is 10.9 Å². The number of aliphatic hydroxyl groups excluding tert-OH is 1. The van der Waals surface area contributed by atoms with E-state index in [1.54, 1.807) is 16.3 Å². The zero-order valence-corrected chi connectivity index (χ0v) is 27.7. The van der Waals surface area contributed by atoms with E-state index < -0.39 is 53.5 Å². The van der Waals surface area contributed by atoms with Gasteiger partial charge in [0.2, 0.25) is 0 Å². The third-order valence-corrected chi connectivity index (χ3v) is 9.52. The van der Waals surface area contributed by atoms with Crippen LogP contribution in [0.4, 0.5) is 19.0 Å². The average Bonchev–Trinajstić information content (AvgIpc) is 3.58. The van der Waals surface area contributed by atoms with E-state index in [0.29, 0.717) is 42.8 Å². The van der Waals surface area contributed by atoms with Crippen molar-refractivity contribution in [3.63, 3.8) is 0 Å². The number of phosphoric ester groups is 1. The number of halogens is 3. The van der Waals surface area contributed by atoms with Crippen molar-refractivity contribution in [2.75, 3.05) is 36.2 Å². The van der Waals surface area contributed by atoms with Gasteiger partial charge in [-0.05, 0) is 24.7 Å². The molecule has 3 heterocycles. The van der Waals surface area contributed by atoms with Crippen LogP contribution in [0.1, 0.15) is 31.1 Å². The predicted octanol–water partition coefficient (Wildman–Crippen LogP) is 4.09. The van der Waals surface area contributed by atoms with Crippen molar-refractivity contribution >= 4 is 56.2 Å². The lowest BCUT2D eigenvalue weighted by atomic mass is 10.1. The highest BCUT2D eigenvalue weighted by molar-refractivity contribution is 7.99. The second-order valence-corrected chi connectivity index (χ2v) is 14.5. The van der Waals surface area contributed by atoms with Crippen LogP contribution < -0.4 is 5.32 Å². The SMILES string of the molecule is CSCCNc1nc(SCCC(F)(F)F)nc2c1ncn2C1CCC(COP(=O)(O)OP(=O)(O)O)O1.OC(O)Cc1ccccc1. The summed E-state index contributed by atoms with van der Waals surface area (Å²) in [6.07, 6.45) is -3.43. The van der Waals surface area contributed by atoms with Gasteiger partial charge in [-0.2, -0.15) is 29.2 Å². The quantitative estimate of drug-likeness (QED) is 0.0426. The topological polar surface area (TPSA) is 219 Å². The van der Waals surface area contributed by atoms with Gasteiger partial charge in [0.05, 0.1) is 25.5 Å². The third-order valence-electron chi connectivity index (χ3n) is 5.91. The van der Waals surface area contributed by atoms with Crippen LogP contribution in [0.15, 0.2) is 41.8 Å². The highest BCUT2D eigenvalue weighted by atomic mass is 32.2. The Kier molecular flexibility index (Phi) is 14.7. The smallest absolute Gasteiger partial charge is 0.368 e. The second-order valence-electron chi connectivity index (χ2n) is 9.61. The summed E-state index contributed by atoms with van der Waals surface area (Å²) in [4.78, 5) is 39.8. The fourth-order valence-corrected chi connectivity index (χ4v) is 6.75. The molecule has 2 aromatic heterocycles. The van der Waals surface area contributed by atoms with Gasteiger partial charge in [0.25, 0.3) is 0 Å². The minimum absolute atomic E-state index is 0.133. The van der Waals surface area contributed by atoms with Crippen LogP contribution >= 0.6 is 39.2 Å². The summed E-state index contributed by atoms with van der Waals surface area (Å²) in [5, 5.41) is 20.4. The summed E-state index contributed by atoms with van der Waals surface area (Å²) in [5.74, 6) is 0.873. The van der Waals surface area contributed by atoms with Crippen LogP contribution in [-0.4, -0.2) is 93.9 Å². The molecule has 1 saturated heterocycles. The summed E-state index contributed by atoms with van der Waals surface area (Å²) < 4.78 is 75.9. The van der Waals surface area contributed by atoms with Crippen LogP contribution in [0.5, 0.6) is 0 Å². The Morgan fingerprint density at radius 2 is 1.85 bits per heavy atom. The summed E-state index contributed by atoms with van der Waals surface area (Å²) in [7, 11) is -10.3. The van der Waals surface area contributed by atoms with E-state index in [2.05, 4.69) is 29.1 Å². The third kappa shape index (κ3) is 13.7. The van der Waals surface area contributed by atoms with E-state index >= 15 is 0 Å². The molecule has 0 aliphatic carbocycles. The molecule has 1 aliphatic rings. The minimum atomic E-state index is -5.24. The number of rotatable bonds is 15. The number of aromatic nitrogens is 4. The van der Waals surface area contributed by atoms with Gasteiger partial charge < -0.3 is 34.9 Å². The van der Waals surface area contributed by atoms with Crippen molar-refractivity contribution in [3.8, 4) is 0 Å². The van der Waals surface area contributed by atoms with Gasteiger partial charge in [0, 0.05) is 24.5 Å². The number of aliphatic hydroxyl groups is 2. The molecular weight excluding hydrogens is 701 g/mol. The van der Waals surface area contributed by atoms with Gasteiger partial charge in [0.1, 0.15) is 6.23 Å². The summed E-state index contributed by atoms with van der Waals surface area (Å²) in [5.41, 5.74) is 1.67. The maximum absolute atomic E-state index is 12.6. The largest absolute Gasteiger partial charge is 0.481 e. The lowest BCUT2D eigenvalue weighted by Crippen LogP contribution is -2.16. The number of fused-ring (bicyclic) bond motifs is 1. The number of hydrogen-bond acceptors (Lipinski definition) is 13. The Morgan fingerprint density at radius 3 is 2.48 bits per heavy atom. The van der Waals surface area contributed by atoms with Crippen molar-refractivity contribution in [1.82, 2.24) is 19.5 Å². The summed E-state index contributed by atoms with van der Waals surface area (Å²) in [6, 6.07) is 9.36. The maximum Gasteiger partial charge on any atom is 0.481 e. The average molecular weight is 736 g/mol. The molecule has 3 unspecified atom stereocenters. The fraction of sp³-hybridized carbons (Fsp3) is 0.542. The van der Waals surface area contributed by atoms with Gasteiger partial charge in [-0.15, -0.1) is 0 Å². The van der Waals surface area contributed by atoms with Crippen LogP contribution in [0.2, 0.25) is 0 Å². The molecule has 0 saturated carbocycles. The molecule has 22 heteroatoms. The molecule has 4 rings (SSSR count). The minimum Gasteiger partial charge on any atom is -0.368 e. The standard InChI is InChI=1S/C16H24F3N5O8P2S2.C8H10O2/c1-35-7-5-20-13-12-14(23-15(22-13)36-6-4-16(17,18)19)24(9-21-12)11-3-2-10(31-11)8-30-34(28,29)32-33(25,26)27;9-8(10)6-7-4-2-1-3-5-7/h9-11H,2-8H2,1H3,(H,28,29)(H,20,22,23)(H2,25,26,27);1-5,8-10H,6H2. The van der Waals surface area contributed by atoms with Gasteiger partial charge in [-0.25, -0.2) is 24.1 Å². The highest BCUT2D eigenvalue weighted by Gasteiger charge is 2.36. The Bertz CT molecular complexity index is 1490. The Morgan fingerprint density at radius 1 is 1.13 bits per heavy atom. The number of imidazole rings is 1. The molecule has 258 valence electrons. The van der Waals surface area contributed by atoms with Gasteiger partial charge in [-0.1, -0.05) is 42.1 Å². The van der Waals surface area contributed by atoms with Crippen molar-refractivity contribution in [3.05, 3.63) is 42.2 Å². The molecule has 0 bridgehead atoms. The molecule has 1 fully saturated rings. The zero-order valence-electron chi connectivity index (χ0n) is 24.3. The first-order chi connectivity index (χ1) is 21.5. The fourth-order valence-electron chi connectivity index (χ4n) is 4.00. The Balaban J connectivity index is 0.000000489. The number of hydrogen-bond donors (Lipinski definition) is 6. The van der Waals surface area contributed by atoms with Crippen LogP contribution in [0.3, 0.4) is 0 Å². The molecule has 0 amide bonds. The highest BCUT2D eigenvalue weighted by Crippen LogP contribution is 2.57. The normalized spacial score (nSPS) is 18.4. The first-order valence-corrected chi connectivity index (χ1v) is 18.9. The van der Waals surface area contributed by atoms with E-state index in [0.717, 1.165) is 23.1 Å². The van der Waals surface area contributed by atoms with E-state index in [4.69, 9.17) is 24.7 Å². The van der Waals surface area contributed by atoms with E-state index in [1.807, 2.05) is 36.6 Å². The molecule has 3 atom stereocenters. The zero-order chi connectivity index (χ0) is 34.0. The number of anilines is 1. The first kappa shape index (κ1) is 38.6. The Labute approximate surface area is 270 Å². The van der Waals surface area contributed by atoms with Crippen molar-refractivity contribution < 1.29 is 60.8 Å². The number of ether oxygens (including phenoxy) is 1. The maximum atomic E-state index is 12.6. The summed E-state index contributed by atoms with van der Waals surface area (Å²) >= 11 is 2.46. The summed E-state index contributed by atoms with van der Waals surface area (Å²) in [6.45, 7) is 0.0654. The van der Waals surface area contributed by atoms with Gasteiger partial charge in [-0.3, -0.25) is 9.09 Å². The van der Waals surface area contributed by atoms with Crippen molar-refractivity contribution in [1.29, 1.82) is 0 Å². The van der Waals surface area contributed by atoms with E-state index in [1.165, 1.54) is 6.33 Å².